The molecule has 0 bridgehead atoms. The van der Waals surface area contributed by atoms with Crippen molar-refractivity contribution in [1.82, 2.24) is 4.98 Å². The summed E-state index contributed by atoms with van der Waals surface area (Å²) in [6.07, 6.45) is 3.25. The van der Waals surface area contributed by atoms with Gasteiger partial charge >= 0.3 is 0 Å². The summed E-state index contributed by atoms with van der Waals surface area (Å²) in [6, 6.07) is 6.86. The highest BCUT2D eigenvalue weighted by Gasteiger charge is 2.14. The number of nitrogens with zero attached hydrogens (tertiary/aromatic N) is 1. The second-order valence-electron chi connectivity index (χ2n) is 4.88. The van der Waals surface area contributed by atoms with E-state index in [1.165, 1.54) is 6.20 Å². The van der Waals surface area contributed by atoms with Crippen LogP contribution in [-0.4, -0.2) is 16.9 Å². The highest BCUT2D eigenvalue weighted by molar-refractivity contribution is 6.36. The third-order valence-electron chi connectivity index (χ3n) is 2.81. The number of hydrogen-bond acceptors (Lipinski definition) is 3. The van der Waals surface area contributed by atoms with Crippen LogP contribution in [0.4, 0.5) is 0 Å². The first-order valence-corrected chi connectivity index (χ1v) is 7.30. The van der Waals surface area contributed by atoms with Gasteiger partial charge in [-0.1, -0.05) is 29.3 Å². The summed E-state index contributed by atoms with van der Waals surface area (Å²) in [5, 5.41) is 0.969. The Morgan fingerprint density at radius 1 is 1.24 bits per heavy atom. The second kappa shape index (κ2) is 6.92. The summed E-state index contributed by atoms with van der Waals surface area (Å²) in [5.41, 5.74) is 1.10. The molecule has 0 saturated heterocycles. The van der Waals surface area contributed by atoms with E-state index in [2.05, 4.69) is 4.98 Å². The van der Waals surface area contributed by atoms with Gasteiger partial charge in [0, 0.05) is 28.2 Å². The molecule has 110 valence electrons. The molecule has 1 aromatic carbocycles. The number of carbonyl (C=O) groups is 1. The molecule has 1 heterocycles. The summed E-state index contributed by atoms with van der Waals surface area (Å²) in [7, 11) is 0. The van der Waals surface area contributed by atoms with Crippen LogP contribution < -0.4 is 4.74 Å². The number of ether oxygens (including phenoxy) is 1. The van der Waals surface area contributed by atoms with Gasteiger partial charge in [0.15, 0.2) is 5.78 Å². The fraction of sp³-hybridized carbons (Fsp3) is 0.250. The Kier molecular flexibility index (Phi) is 5.21. The Morgan fingerprint density at radius 3 is 2.52 bits per heavy atom. The van der Waals surface area contributed by atoms with Gasteiger partial charge in [0.05, 0.1) is 12.3 Å². The Balaban J connectivity index is 2.21. The maximum absolute atomic E-state index is 12.3. The number of pyridine rings is 1. The lowest BCUT2D eigenvalue weighted by Gasteiger charge is -2.10. The first kappa shape index (κ1) is 15.8. The topological polar surface area (TPSA) is 39.2 Å². The molecule has 3 nitrogen and oxygen atoms in total. The molecule has 0 atom stereocenters. The summed E-state index contributed by atoms with van der Waals surface area (Å²) in [6.45, 7) is 3.83. The molecule has 0 aliphatic carbocycles. The maximum atomic E-state index is 12.3. The van der Waals surface area contributed by atoms with E-state index in [0.29, 0.717) is 26.9 Å². The van der Waals surface area contributed by atoms with Gasteiger partial charge in [-0.15, -0.1) is 0 Å². The number of aromatic nitrogens is 1. The van der Waals surface area contributed by atoms with Gasteiger partial charge in [-0.05, 0) is 37.6 Å². The molecule has 0 unspecified atom stereocenters. The van der Waals surface area contributed by atoms with Crippen LogP contribution in [0.2, 0.25) is 10.0 Å². The number of Topliss-reactive ketones (excluding diaryl/α,β-unsaturated/α-hetero) is 1. The van der Waals surface area contributed by atoms with Crippen molar-refractivity contribution in [2.45, 2.75) is 26.4 Å². The van der Waals surface area contributed by atoms with Gasteiger partial charge in [0.1, 0.15) is 5.75 Å². The van der Waals surface area contributed by atoms with Crippen LogP contribution in [0.3, 0.4) is 0 Å². The Morgan fingerprint density at radius 2 is 1.90 bits per heavy atom. The zero-order valence-electron chi connectivity index (χ0n) is 11.8. The van der Waals surface area contributed by atoms with Gasteiger partial charge in [0.25, 0.3) is 0 Å². The maximum Gasteiger partial charge on any atom is 0.169 e. The third-order valence-corrected chi connectivity index (χ3v) is 3.51. The normalized spacial score (nSPS) is 10.7. The molecule has 0 aliphatic rings. The average molecular weight is 324 g/mol. The highest BCUT2D eigenvalue weighted by atomic mass is 35.5. The minimum absolute atomic E-state index is 0.0233. The first-order chi connectivity index (χ1) is 9.97. The van der Waals surface area contributed by atoms with Crippen molar-refractivity contribution in [1.29, 1.82) is 0 Å². The lowest BCUT2D eigenvalue weighted by atomic mass is 10.0. The molecule has 2 rings (SSSR count). The zero-order valence-corrected chi connectivity index (χ0v) is 13.3. The molecular weight excluding hydrogens is 309 g/mol. The largest absolute Gasteiger partial charge is 0.489 e. The van der Waals surface area contributed by atoms with Crippen molar-refractivity contribution >= 4 is 29.0 Å². The van der Waals surface area contributed by atoms with E-state index in [0.717, 1.165) is 0 Å². The van der Waals surface area contributed by atoms with Crippen LogP contribution in [0.15, 0.2) is 36.7 Å². The summed E-state index contributed by atoms with van der Waals surface area (Å²) >= 11 is 12.2. The predicted octanol–water partition coefficient (Wildman–Crippen LogP) is 4.60. The molecule has 0 N–H and O–H groups in total. The molecule has 0 saturated carbocycles. The fourth-order valence-electron chi connectivity index (χ4n) is 1.87. The van der Waals surface area contributed by atoms with Crippen molar-refractivity contribution in [2.24, 2.45) is 0 Å². The number of ketones is 1. The van der Waals surface area contributed by atoms with E-state index in [1.54, 1.807) is 30.5 Å². The molecule has 0 aliphatic heterocycles. The smallest absolute Gasteiger partial charge is 0.169 e. The molecule has 1 aromatic heterocycles. The molecule has 21 heavy (non-hydrogen) atoms. The molecule has 0 amide bonds. The minimum Gasteiger partial charge on any atom is -0.489 e. The lowest BCUT2D eigenvalue weighted by molar-refractivity contribution is 0.0992. The van der Waals surface area contributed by atoms with Gasteiger partial charge in [0.2, 0.25) is 0 Å². The number of carbonyl (C=O) groups excluding carboxylic acids is 1. The molecule has 0 fully saturated rings. The van der Waals surface area contributed by atoms with E-state index in [-0.39, 0.29) is 18.3 Å². The fourth-order valence-corrected chi connectivity index (χ4v) is 2.40. The predicted molar refractivity (Wildman–Crippen MR) is 84.5 cm³/mol. The van der Waals surface area contributed by atoms with Crippen LogP contribution in [0.25, 0.3) is 0 Å². The molecule has 0 spiro atoms. The van der Waals surface area contributed by atoms with Gasteiger partial charge in [-0.3, -0.25) is 9.78 Å². The van der Waals surface area contributed by atoms with Crippen LogP contribution in [0.1, 0.15) is 29.8 Å². The third kappa shape index (κ3) is 4.19. The lowest BCUT2D eigenvalue weighted by Crippen LogP contribution is -2.09. The van der Waals surface area contributed by atoms with Crippen LogP contribution >= 0.6 is 23.2 Å². The minimum atomic E-state index is -0.105. The van der Waals surface area contributed by atoms with Crippen molar-refractivity contribution in [3.05, 3.63) is 57.8 Å². The number of benzene rings is 1. The van der Waals surface area contributed by atoms with Crippen molar-refractivity contribution in [2.75, 3.05) is 0 Å². The van der Waals surface area contributed by atoms with Crippen LogP contribution in [0.5, 0.6) is 5.75 Å². The van der Waals surface area contributed by atoms with E-state index >= 15 is 0 Å². The molecule has 5 heteroatoms. The second-order valence-corrected chi connectivity index (χ2v) is 5.69. The highest BCUT2D eigenvalue weighted by Crippen LogP contribution is 2.26. The SMILES string of the molecule is CC(C)Oc1cncc(C(=O)Cc2c(Cl)cccc2Cl)c1. The van der Waals surface area contributed by atoms with E-state index in [1.807, 2.05) is 13.8 Å². The summed E-state index contributed by atoms with van der Waals surface area (Å²) < 4.78 is 5.54. The van der Waals surface area contributed by atoms with Gasteiger partial charge in [-0.2, -0.15) is 0 Å². The van der Waals surface area contributed by atoms with E-state index in [9.17, 15) is 4.79 Å². The number of halogens is 2. The van der Waals surface area contributed by atoms with Gasteiger partial charge < -0.3 is 4.74 Å². The first-order valence-electron chi connectivity index (χ1n) is 6.55. The van der Waals surface area contributed by atoms with E-state index in [4.69, 9.17) is 27.9 Å². The van der Waals surface area contributed by atoms with Crippen LogP contribution in [-0.2, 0) is 6.42 Å². The average Bonchev–Trinajstić information content (AvgIpc) is 2.42. The monoisotopic (exact) mass is 323 g/mol. The zero-order chi connectivity index (χ0) is 15.4. The Hall–Kier alpha value is -1.58. The van der Waals surface area contributed by atoms with Crippen LogP contribution in [0, 0.1) is 0 Å². The molecule has 0 radical (unpaired) electrons. The van der Waals surface area contributed by atoms with Crippen molar-refractivity contribution < 1.29 is 9.53 Å². The van der Waals surface area contributed by atoms with Crippen molar-refractivity contribution in [3.8, 4) is 5.75 Å². The summed E-state index contributed by atoms with van der Waals surface area (Å²) in [5.74, 6) is 0.466. The standard InChI is InChI=1S/C16H15Cl2NO2/c1-10(2)21-12-6-11(8-19-9-12)16(20)7-13-14(17)4-3-5-15(13)18/h3-6,8-10H,7H2,1-2H3. The van der Waals surface area contributed by atoms with Gasteiger partial charge in [-0.25, -0.2) is 0 Å². The number of rotatable bonds is 5. The molecular formula is C16H15Cl2NO2. The molecule has 2 aromatic rings. The van der Waals surface area contributed by atoms with E-state index < -0.39 is 0 Å². The summed E-state index contributed by atoms with van der Waals surface area (Å²) in [4.78, 5) is 16.4. The quantitative estimate of drug-likeness (QED) is 0.755. The Bertz CT molecular complexity index is 636. The Labute approximate surface area is 133 Å². The van der Waals surface area contributed by atoms with Crippen molar-refractivity contribution in [3.63, 3.8) is 0 Å². The number of hydrogen-bond donors (Lipinski definition) is 0.